The lowest BCUT2D eigenvalue weighted by Gasteiger charge is -2.09. The number of nitrogens with one attached hydrogen (secondary N) is 1. The fourth-order valence-electron chi connectivity index (χ4n) is 2.74. The van der Waals surface area contributed by atoms with Gasteiger partial charge in [0.25, 0.3) is 5.91 Å². The lowest BCUT2D eigenvalue weighted by atomic mass is 10.1. The van der Waals surface area contributed by atoms with Crippen LogP contribution in [-0.4, -0.2) is 12.5 Å². The maximum atomic E-state index is 12.1. The van der Waals surface area contributed by atoms with Gasteiger partial charge in [-0.15, -0.1) is 0 Å². The number of benzene rings is 3. The SMILES string of the molecule is Cc1cc(C)cc(OCC(=O)Nc2ccc(-c3ccccc3)cc2)c1. The molecule has 0 aliphatic heterocycles. The van der Waals surface area contributed by atoms with Crippen molar-refractivity contribution in [3.8, 4) is 16.9 Å². The number of anilines is 1. The second-order valence-electron chi connectivity index (χ2n) is 6.10. The maximum absolute atomic E-state index is 12.1. The molecule has 0 unspecified atom stereocenters. The van der Waals surface area contributed by atoms with Gasteiger partial charge in [-0.3, -0.25) is 4.79 Å². The number of aryl methyl sites for hydroxylation is 2. The van der Waals surface area contributed by atoms with Crippen molar-refractivity contribution in [3.63, 3.8) is 0 Å². The van der Waals surface area contributed by atoms with Crippen molar-refractivity contribution in [2.45, 2.75) is 13.8 Å². The number of ether oxygens (including phenoxy) is 1. The first-order chi connectivity index (χ1) is 12.1. The molecule has 0 atom stereocenters. The summed E-state index contributed by atoms with van der Waals surface area (Å²) in [5, 5.41) is 2.86. The zero-order chi connectivity index (χ0) is 17.6. The molecule has 0 saturated heterocycles. The summed E-state index contributed by atoms with van der Waals surface area (Å²) in [5.74, 6) is 0.540. The highest BCUT2D eigenvalue weighted by Crippen LogP contribution is 2.21. The third-order valence-electron chi connectivity index (χ3n) is 3.84. The molecular formula is C22H21NO2. The molecule has 0 radical (unpaired) electrons. The van der Waals surface area contributed by atoms with Gasteiger partial charge in [-0.1, -0.05) is 48.5 Å². The quantitative estimate of drug-likeness (QED) is 0.715. The van der Waals surface area contributed by atoms with Crippen LogP contribution >= 0.6 is 0 Å². The molecule has 3 aromatic carbocycles. The second-order valence-corrected chi connectivity index (χ2v) is 6.10. The van der Waals surface area contributed by atoms with Crippen LogP contribution in [0, 0.1) is 13.8 Å². The Kier molecular flexibility index (Phi) is 5.14. The number of carbonyl (C=O) groups is 1. The molecule has 3 rings (SSSR count). The van der Waals surface area contributed by atoms with Gasteiger partial charge in [-0.05, 0) is 60.4 Å². The monoisotopic (exact) mass is 331 g/mol. The number of rotatable bonds is 5. The molecule has 126 valence electrons. The fourth-order valence-corrected chi connectivity index (χ4v) is 2.74. The average molecular weight is 331 g/mol. The van der Waals surface area contributed by atoms with E-state index < -0.39 is 0 Å². The molecule has 1 amide bonds. The van der Waals surface area contributed by atoms with E-state index in [9.17, 15) is 4.79 Å². The molecule has 0 bridgehead atoms. The van der Waals surface area contributed by atoms with Crippen LogP contribution in [-0.2, 0) is 4.79 Å². The molecular weight excluding hydrogens is 310 g/mol. The average Bonchev–Trinajstić information content (AvgIpc) is 2.61. The van der Waals surface area contributed by atoms with Gasteiger partial charge in [0.1, 0.15) is 5.75 Å². The van der Waals surface area contributed by atoms with Gasteiger partial charge in [-0.25, -0.2) is 0 Å². The third-order valence-corrected chi connectivity index (χ3v) is 3.84. The Morgan fingerprint density at radius 2 is 1.44 bits per heavy atom. The molecule has 0 saturated carbocycles. The standard InChI is InChI=1S/C22H21NO2/c1-16-12-17(2)14-21(13-16)25-15-22(24)23-20-10-8-19(9-11-20)18-6-4-3-5-7-18/h3-14H,15H2,1-2H3,(H,23,24). The van der Waals surface area contributed by atoms with Gasteiger partial charge in [-0.2, -0.15) is 0 Å². The zero-order valence-electron chi connectivity index (χ0n) is 14.5. The Labute approximate surface area is 148 Å². The van der Waals surface area contributed by atoms with Gasteiger partial charge in [0.05, 0.1) is 0 Å². The minimum Gasteiger partial charge on any atom is -0.484 e. The van der Waals surface area contributed by atoms with E-state index in [0.29, 0.717) is 5.75 Å². The largest absolute Gasteiger partial charge is 0.484 e. The molecule has 0 fully saturated rings. The van der Waals surface area contributed by atoms with Gasteiger partial charge >= 0.3 is 0 Å². The Hall–Kier alpha value is -3.07. The minimum absolute atomic E-state index is 0.0106. The van der Waals surface area contributed by atoms with Crippen molar-refractivity contribution in [3.05, 3.63) is 83.9 Å². The molecule has 0 aromatic heterocycles. The van der Waals surface area contributed by atoms with Crippen LogP contribution in [0.3, 0.4) is 0 Å². The summed E-state index contributed by atoms with van der Waals surface area (Å²) < 4.78 is 5.58. The number of carbonyl (C=O) groups excluding carboxylic acids is 1. The summed E-state index contributed by atoms with van der Waals surface area (Å²) >= 11 is 0. The predicted octanol–water partition coefficient (Wildman–Crippen LogP) is 4.99. The van der Waals surface area contributed by atoms with Crippen molar-refractivity contribution >= 4 is 11.6 Å². The Morgan fingerprint density at radius 1 is 0.840 bits per heavy atom. The van der Waals surface area contributed by atoms with E-state index in [4.69, 9.17) is 4.74 Å². The topological polar surface area (TPSA) is 38.3 Å². The molecule has 0 aliphatic carbocycles. The molecule has 1 N–H and O–H groups in total. The van der Waals surface area contributed by atoms with Crippen molar-refractivity contribution in [1.82, 2.24) is 0 Å². The fraction of sp³-hybridized carbons (Fsp3) is 0.136. The minimum atomic E-state index is -0.174. The summed E-state index contributed by atoms with van der Waals surface area (Å²) in [7, 11) is 0. The molecule has 3 aromatic rings. The van der Waals surface area contributed by atoms with Crippen LogP contribution in [0.1, 0.15) is 11.1 Å². The van der Waals surface area contributed by atoms with Crippen molar-refractivity contribution < 1.29 is 9.53 Å². The summed E-state index contributed by atoms with van der Waals surface area (Å²) in [5.41, 5.74) is 5.26. The van der Waals surface area contributed by atoms with Crippen LogP contribution in [0.4, 0.5) is 5.69 Å². The highest BCUT2D eigenvalue weighted by Gasteiger charge is 2.05. The summed E-state index contributed by atoms with van der Waals surface area (Å²) in [6.45, 7) is 4.01. The number of hydrogen-bond donors (Lipinski definition) is 1. The molecule has 25 heavy (non-hydrogen) atoms. The summed E-state index contributed by atoms with van der Waals surface area (Å²) in [6.07, 6.45) is 0. The first-order valence-corrected chi connectivity index (χ1v) is 8.26. The highest BCUT2D eigenvalue weighted by atomic mass is 16.5. The van der Waals surface area contributed by atoms with Gasteiger partial charge in [0, 0.05) is 5.69 Å². The molecule has 3 nitrogen and oxygen atoms in total. The van der Waals surface area contributed by atoms with E-state index in [1.807, 2.05) is 68.4 Å². The normalized spacial score (nSPS) is 10.3. The van der Waals surface area contributed by atoms with Gasteiger partial charge in [0.15, 0.2) is 6.61 Å². The van der Waals surface area contributed by atoms with Gasteiger partial charge in [0.2, 0.25) is 0 Å². The van der Waals surface area contributed by atoms with Crippen LogP contribution in [0.15, 0.2) is 72.8 Å². The van der Waals surface area contributed by atoms with Gasteiger partial charge < -0.3 is 10.1 Å². The van der Waals surface area contributed by atoms with Crippen LogP contribution in [0.2, 0.25) is 0 Å². The number of amides is 1. The highest BCUT2D eigenvalue weighted by molar-refractivity contribution is 5.92. The van der Waals surface area contributed by atoms with Crippen molar-refractivity contribution in [2.75, 3.05) is 11.9 Å². The molecule has 0 spiro atoms. The Balaban J connectivity index is 1.57. The molecule has 0 aliphatic rings. The van der Waals surface area contributed by atoms with E-state index in [-0.39, 0.29) is 12.5 Å². The first-order valence-electron chi connectivity index (χ1n) is 8.26. The van der Waals surface area contributed by atoms with E-state index in [2.05, 4.69) is 23.5 Å². The Morgan fingerprint density at radius 3 is 2.08 bits per heavy atom. The predicted molar refractivity (Wildman–Crippen MR) is 102 cm³/mol. The summed E-state index contributed by atoms with van der Waals surface area (Å²) in [6, 6.07) is 23.8. The van der Waals surface area contributed by atoms with E-state index in [1.54, 1.807) is 0 Å². The zero-order valence-corrected chi connectivity index (χ0v) is 14.5. The van der Waals surface area contributed by atoms with Crippen LogP contribution < -0.4 is 10.1 Å². The molecule has 0 heterocycles. The summed E-state index contributed by atoms with van der Waals surface area (Å²) in [4.78, 5) is 12.1. The van der Waals surface area contributed by atoms with E-state index >= 15 is 0 Å². The van der Waals surface area contributed by atoms with Crippen LogP contribution in [0.5, 0.6) is 5.75 Å². The second kappa shape index (κ2) is 7.67. The lowest BCUT2D eigenvalue weighted by molar-refractivity contribution is -0.118. The molecule has 3 heteroatoms. The smallest absolute Gasteiger partial charge is 0.262 e. The lowest BCUT2D eigenvalue weighted by Crippen LogP contribution is -2.20. The Bertz CT molecular complexity index is 835. The van der Waals surface area contributed by atoms with Crippen molar-refractivity contribution in [1.29, 1.82) is 0 Å². The first kappa shape index (κ1) is 16.8. The van der Waals surface area contributed by atoms with Crippen molar-refractivity contribution in [2.24, 2.45) is 0 Å². The maximum Gasteiger partial charge on any atom is 0.262 e. The number of hydrogen-bond acceptors (Lipinski definition) is 2. The van der Waals surface area contributed by atoms with E-state index in [0.717, 1.165) is 27.9 Å². The van der Waals surface area contributed by atoms with E-state index in [1.165, 1.54) is 0 Å². The third kappa shape index (κ3) is 4.70. The van der Waals surface area contributed by atoms with Crippen LogP contribution in [0.25, 0.3) is 11.1 Å².